The molecule has 1 aliphatic heterocycles. The average Bonchev–Trinajstić information content (AvgIpc) is 2.26. The topological polar surface area (TPSA) is 46.3 Å². The van der Waals surface area contributed by atoms with Crippen LogP contribution in [0, 0.1) is 0 Å². The predicted molar refractivity (Wildman–Crippen MR) is 66.9 cm³/mol. The van der Waals surface area contributed by atoms with E-state index in [4.69, 9.17) is 5.73 Å². The smallest absolute Gasteiger partial charge is 0.234 e. The first-order valence-corrected chi connectivity index (χ1v) is 6.18. The Labute approximate surface area is 104 Å². The van der Waals surface area contributed by atoms with Crippen molar-refractivity contribution in [2.75, 3.05) is 6.54 Å². The Morgan fingerprint density at radius 2 is 2.25 bits per heavy atom. The van der Waals surface area contributed by atoms with Crippen molar-refractivity contribution in [3.05, 3.63) is 33.8 Å². The monoisotopic (exact) mass is 282 g/mol. The number of primary amides is 1. The Kier molecular flexibility index (Phi) is 3.30. The molecule has 1 heterocycles. The molecule has 2 N–H and O–H groups in total. The van der Waals surface area contributed by atoms with E-state index in [0.29, 0.717) is 0 Å². The standard InChI is InChI=1S/C12H15BrN2O/c1-8(12(14)16)15-5-4-9-2-3-11(13)6-10(9)7-15/h2-3,6,8H,4-5,7H2,1H3,(H2,14,16). The number of halogens is 1. The third kappa shape index (κ3) is 2.28. The van der Waals surface area contributed by atoms with E-state index in [0.717, 1.165) is 24.0 Å². The van der Waals surface area contributed by atoms with Crippen LogP contribution in [0.5, 0.6) is 0 Å². The largest absolute Gasteiger partial charge is 0.368 e. The highest BCUT2D eigenvalue weighted by Crippen LogP contribution is 2.23. The summed E-state index contributed by atoms with van der Waals surface area (Å²) in [5.74, 6) is -0.251. The number of fused-ring (bicyclic) bond motifs is 1. The summed E-state index contributed by atoms with van der Waals surface area (Å²) in [6, 6.07) is 6.14. The van der Waals surface area contributed by atoms with Gasteiger partial charge >= 0.3 is 0 Å². The van der Waals surface area contributed by atoms with Crippen molar-refractivity contribution in [1.29, 1.82) is 0 Å². The van der Waals surface area contributed by atoms with Crippen molar-refractivity contribution >= 4 is 21.8 Å². The zero-order valence-corrected chi connectivity index (χ0v) is 10.8. The first-order valence-electron chi connectivity index (χ1n) is 5.38. The molecule has 0 spiro atoms. The van der Waals surface area contributed by atoms with Crippen LogP contribution in [0.3, 0.4) is 0 Å². The van der Waals surface area contributed by atoms with Crippen LogP contribution >= 0.6 is 15.9 Å². The number of carbonyl (C=O) groups excluding carboxylic acids is 1. The summed E-state index contributed by atoms with van der Waals surface area (Å²) in [7, 11) is 0. The van der Waals surface area contributed by atoms with E-state index in [2.05, 4.69) is 39.0 Å². The van der Waals surface area contributed by atoms with Gasteiger partial charge in [-0.15, -0.1) is 0 Å². The van der Waals surface area contributed by atoms with Crippen LogP contribution in [0.4, 0.5) is 0 Å². The molecule has 0 bridgehead atoms. The highest BCUT2D eigenvalue weighted by Gasteiger charge is 2.23. The minimum atomic E-state index is -0.251. The van der Waals surface area contributed by atoms with Crippen molar-refractivity contribution in [1.82, 2.24) is 4.90 Å². The summed E-state index contributed by atoms with van der Waals surface area (Å²) < 4.78 is 1.08. The van der Waals surface area contributed by atoms with Gasteiger partial charge in [0.25, 0.3) is 0 Å². The van der Waals surface area contributed by atoms with E-state index < -0.39 is 0 Å². The first kappa shape index (κ1) is 11.6. The molecule has 0 aromatic heterocycles. The van der Waals surface area contributed by atoms with Crippen LogP contribution < -0.4 is 5.73 Å². The van der Waals surface area contributed by atoms with Crippen LogP contribution in [-0.2, 0) is 17.8 Å². The van der Waals surface area contributed by atoms with Gasteiger partial charge in [0.1, 0.15) is 0 Å². The zero-order valence-electron chi connectivity index (χ0n) is 9.24. The summed E-state index contributed by atoms with van der Waals surface area (Å²) in [5, 5.41) is 0. The highest BCUT2D eigenvalue weighted by atomic mass is 79.9. The normalized spacial score (nSPS) is 17.9. The summed E-state index contributed by atoms with van der Waals surface area (Å²) in [4.78, 5) is 13.3. The fourth-order valence-corrected chi connectivity index (χ4v) is 2.47. The maximum atomic E-state index is 11.1. The van der Waals surface area contributed by atoms with Gasteiger partial charge in [-0.05, 0) is 36.6 Å². The number of rotatable bonds is 2. The van der Waals surface area contributed by atoms with Crippen molar-refractivity contribution in [2.45, 2.75) is 25.9 Å². The minimum absolute atomic E-state index is 0.188. The summed E-state index contributed by atoms with van der Waals surface area (Å²) in [5.41, 5.74) is 7.98. The van der Waals surface area contributed by atoms with Gasteiger partial charge in [-0.25, -0.2) is 0 Å². The summed E-state index contributed by atoms with van der Waals surface area (Å²) >= 11 is 3.47. The third-order valence-corrected chi connectivity index (χ3v) is 3.66. The quantitative estimate of drug-likeness (QED) is 0.897. The average molecular weight is 283 g/mol. The van der Waals surface area contributed by atoms with Crippen LogP contribution in [0.15, 0.2) is 22.7 Å². The number of hydrogen-bond donors (Lipinski definition) is 1. The molecule has 1 unspecified atom stereocenters. The Morgan fingerprint density at radius 3 is 2.94 bits per heavy atom. The van der Waals surface area contributed by atoms with Gasteiger partial charge in [-0.3, -0.25) is 9.69 Å². The number of hydrogen-bond acceptors (Lipinski definition) is 2. The number of carbonyl (C=O) groups is 1. The van der Waals surface area contributed by atoms with Crippen LogP contribution in [0.1, 0.15) is 18.1 Å². The molecular formula is C12H15BrN2O. The molecular weight excluding hydrogens is 268 g/mol. The molecule has 0 aliphatic carbocycles. The number of amides is 1. The van der Waals surface area contributed by atoms with Gasteiger partial charge in [0, 0.05) is 17.6 Å². The molecule has 0 radical (unpaired) electrons. The Morgan fingerprint density at radius 1 is 1.50 bits per heavy atom. The molecule has 1 amide bonds. The molecule has 0 saturated carbocycles. The predicted octanol–water partition coefficient (Wildman–Crippen LogP) is 1.68. The van der Waals surface area contributed by atoms with E-state index in [1.54, 1.807) is 0 Å². The summed E-state index contributed by atoms with van der Waals surface area (Å²) in [6.07, 6.45) is 0.986. The molecule has 0 fully saturated rings. The first-order chi connectivity index (χ1) is 7.58. The van der Waals surface area contributed by atoms with E-state index in [9.17, 15) is 4.79 Å². The van der Waals surface area contributed by atoms with Gasteiger partial charge in [0.2, 0.25) is 5.91 Å². The molecule has 1 atom stereocenters. The summed E-state index contributed by atoms with van der Waals surface area (Å²) in [6.45, 7) is 3.57. The van der Waals surface area contributed by atoms with Crippen LogP contribution in [-0.4, -0.2) is 23.4 Å². The van der Waals surface area contributed by atoms with E-state index in [1.165, 1.54) is 11.1 Å². The fourth-order valence-electron chi connectivity index (χ4n) is 2.06. The van der Waals surface area contributed by atoms with Crippen molar-refractivity contribution < 1.29 is 4.79 Å². The molecule has 2 rings (SSSR count). The number of nitrogens with two attached hydrogens (primary N) is 1. The van der Waals surface area contributed by atoms with Crippen molar-refractivity contribution in [3.63, 3.8) is 0 Å². The molecule has 16 heavy (non-hydrogen) atoms. The van der Waals surface area contributed by atoms with Gasteiger partial charge in [-0.2, -0.15) is 0 Å². The Balaban J connectivity index is 2.19. The fraction of sp³-hybridized carbons (Fsp3) is 0.417. The Hall–Kier alpha value is -0.870. The zero-order chi connectivity index (χ0) is 11.7. The van der Waals surface area contributed by atoms with Crippen molar-refractivity contribution in [2.24, 2.45) is 5.73 Å². The van der Waals surface area contributed by atoms with Crippen LogP contribution in [0.25, 0.3) is 0 Å². The van der Waals surface area contributed by atoms with Gasteiger partial charge in [0.15, 0.2) is 0 Å². The van der Waals surface area contributed by atoms with Gasteiger partial charge in [0.05, 0.1) is 6.04 Å². The lowest BCUT2D eigenvalue weighted by atomic mass is 9.99. The molecule has 1 aromatic rings. The second-order valence-corrected chi connectivity index (χ2v) is 5.13. The van der Waals surface area contributed by atoms with E-state index in [-0.39, 0.29) is 11.9 Å². The highest BCUT2D eigenvalue weighted by molar-refractivity contribution is 9.10. The molecule has 0 saturated heterocycles. The second kappa shape index (κ2) is 4.55. The van der Waals surface area contributed by atoms with E-state index in [1.807, 2.05) is 6.92 Å². The Bertz CT molecular complexity index is 419. The molecule has 4 heteroatoms. The van der Waals surface area contributed by atoms with Gasteiger partial charge in [-0.1, -0.05) is 22.0 Å². The molecule has 3 nitrogen and oxygen atoms in total. The number of nitrogens with zero attached hydrogens (tertiary/aromatic N) is 1. The maximum absolute atomic E-state index is 11.1. The lowest BCUT2D eigenvalue weighted by molar-refractivity contribution is -0.123. The van der Waals surface area contributed by atoms with Crippen LogP contribution in [0.2, 0.25) is 0 Å². The minimum Gasteiger partial charge on any atom is -0.368 e. The maximum Gasteiger partial charge on any atom is 0.234 e. The SMILES string of the molecule is CC(C(N)=O)N1CCc2ccc(Br)cc2C1. The number of benzene rings is 1. The lowest BCUT2D eigenvalue weighted by Gasteiger charge is -2.32. The third-order valence-electron chi connectivity index (χ3n) is 3.17. The van der Waals surface area contributed by atoms with Gasteiger partial charge < -0.3 is 5.73 Å². The lowest BCUT2D eigenvalue weighted by Crippen LogP contribution is -2.45. The molecule has 1 aromatic carbocycles. The molecule has 86 valence electrons. The second-order valence-electron chi connectivity index (χ2n) is 4.21. The van der Waals surface area contributed by atoms with Crippen molar-refractivity contribution in [3.8, 4) is 0 Å². The molecule has 1 aliphatic rings. The van der Waals surface area contributed by atoms with E-state index >= 15 is 0 Å².